The average Bonchev–Trinajstić information content (AvgIpc) is 2.60. The molecule has 0 amide bonds. The molecule has 14 heteroatoms. The Morgan fingerprint density at radius 2 is 1.20 bits per heavy atom. The van der Waals surface area contributed by atoms with Gasteiger partial charge in [-0.05, 0) is 10.8 Å². The summed E-state index contributed by atoms with van der Waals surface area (Å²) in [6.45, 7) is 0. The van der Waals surface area contributed by atoms with E-state index in [2.05, 4.69) is 0 Å². The van der Waals surface area contributed by atoms with Crippen molar-refractivity contribution in [3.05, 3.63) is 30.3 Å². The van der Waals surface area contributed by atoms with Gasteiger partial charge < -0.3 is 10.8 Å². The highest BCUT2D eigenvalue weighted by Crippen LogP contribution is 2.50. The van der Waals surface area contributed by atoms with Crippen LogP contribution in [-0.4, -0.2) is 44.0 Å². The van der Waals surface area contributed by atoms with Gasteiger partial charge in [0.1, 0.15) is 20.4 Å². The van der Waals surface area contributed by atoms with E-state index in [9.17, 15) is 44.0 Å². The molecule has 11 nitrogen and oxygen atoms in total. The summed E-state index contributed by atoms with van der Waals surface area (Å²) in [5.74, 6) is -0.967. The Balaban J connectivity index is 2.64. The smallest absolute Gasteiger partial charge is 0.297 e. The molecule has 0 heterocycles. The summed E-state index contributed by atoms with van der Waals surface area (Å²) < 4.78 is 102. The quantitative estimate of drug-likeness (QED) is 0.125. The second kappa shape index (κ2) is 5.90. The zero-order valence-corrected chi connectivity index (χ0v) is 16.9. The van der Waals surface area contributed by atoms with Crippen molar-refractivity contribution in [3.8, 4) is 5.75 Å². The number of phenols is 1. The monoisotopic (exact) mass is 473 g/mol. The van der Waals surface area contributed by atoms with Crippen LogP contribution in [0.15, 0.2) is 45.0 Å². The molecule has 0 bridgehead atoms. The van der Waals surface area contributed by atoms with Gasteiger partial charge in [0.25, 0.3) is 30.4 Å². The van der Waals surface area contributed by atoms with Gasteiger partial charge >= 0.3 is 0 Å². The van der Waals surface area contributed by atoms with Crippen LogP contribution >= 0.6 is 0 Å². The van der Waals surface area contributed by atoms with Crippen molar-refractivity contribution >= 4 is 68.4 Å². The van der Waals surface area contributed by atoms with Gasteiger partial charge in [0.2, 0.25) is 0 Å². The molecule has 0 spiro atoms. The molecule has 0 aliphatic heterocycles. The minimum atomic E-state index is -5.68. The maximum atomic E-state index is 12.1. The maximum Gasteiger partial charge on any atom is 0.297 e. The SMILES string of the molecule is Nc1c(O)c2c(S(=O)(=O)O)c(S(=O)(=O)O)c(S(=O)(=O)O)c3ccc4cccc1c4c32. The van der Waals surface area contributed by atoms with Crippen molar-refractivity contribution in [2.24, 2.45) is 0 Å². The number of nitrogen functional groups attached to an aromatic ring is 1. The number of anilines is 1. The number of aromatic hydroxyl groups is 1. The molecular weight excluding hydrogens is 462 g/mol. The molecule has 0 fully saturated rings. The highest BCUT2D eigenvalue weighted by atomic mass is 32.2. The topological polar surface area (TPSA) is 209 Å². The predicted octanol–water partition coefficient (Wildman–Crippen LogP) is 1.61. The fraction of sp³-hybridized carbons (Fsp3) is 0. The highest BCUT2D eigenvalue weighted by Gasteiger charge is 2.38. The van der Waals surface area contributed by atoms with Crippen LogP contribution in [0, 0.1) is 0 Å². The van der Waals surface area contributed by atoms with Crippen LogP contribution < -0.4 is 5.73 Å². The van der Waals surface area contributed by atoms with Crippen molar-refractivity contribution in [2.45, 2.75) is 14.7 Å². The molecule has 0 unspecified atom stereocenters. The molecule has 0 atom stereocenters. The van der Waals surface area contributed by atoms with E-state index >= 15 is 0 Å². The lowest BCUT2D eigenvalue weighted by Crippen LogP contribution is -2.16. The molecule has 0 aliphatic carbocycles. The minimum Gasteiger partial charge on any atom is -0.505 e. The van der Waals surface area contributed by atoms with E-state index in [1.165, 1.54) is 12.1 Å². The van der Waals surface area contributed by atoms with Gasteiger partial charge in [-0.1, -0.05) is 30.3 Å². The van der Waals surface area contributed by atoms with Crippen molar-refractivity contribution < 1.29 is 44.0 Å². The Labute approximate surface area is 168 Å². The molecule has 158 valence electrons. The first-order chi connectivity index (χ1) is 13.7. The van der Waals surface area contributed by atoms with Gasteiger partial charge in [-0.2, -0.15) is 25.3 Å². The second-order valence-electron chi connectivity index (χ2n) is 6.44. The summed E-state index contributed by atoms with van der Waals surface area (Å²) in [5, 5.41) is 9.67. The predicted molar refractivity (Wildman–Crippen MR) is 106 cm³/mol. The van der Waals surface area contributed by atoms with Gasteiger partial charge in [-0.3, -0.25) is 13.7 Å². The largest absolute Gasteiger partial charge is 0.505 e. The third-order valence-corrected chi connectivity index (χ3v) is 7.78. The van der Waals surface area contributed by atoms with Crippen LogP contribution in [0.5, 0.6) is 5.75 Å². The van der Waals surface area contributed by atoms with Crippen molar-refractivity contribution in [1.29, 1.82) is 0 Å². The Hall–Kier alpha value is -2.75. The molecule has 6 N–H and O–H groups in total. The van der Waals surface area contributed by atoms with Crippen LogP contribution in [0.25, 0.3) is 32.3 Å². The lowest BCUT2D eigenvalue weighted by Gasteiger charge is -2.20. The summed E-state index contributed by atoms with van der Waals surface area (Å²) in [6, 6.07) is 6.94. The first kappa shape index (κ1) is 20.5. The second-order valence-corrected chi connectivity index (χ2v) is 10.5. The number of phenolic OH excluding ortho intramolecular Hbond substituents is 1. The van der Waals surface area contributed by atoms with E-state index in [0.717, 1.165) is 6.07 Å². The summed E-state index contributed by atoms with van der Waals surface area (Å²) >= 11 is 0. The third-order valence-electron chi connectivity index (χ3n) is 4.74. The molecule has 4 rings (SSSR count). The van der Waals surface area contributed by atoms with E-state index in [1.807, 2.05) is 0 Å². The lowest BCUT2D eigenvalue weighted by molar-refractivity contribution is 0.456. The third kappa shape index (κ3) is 2.69. The Morgan fingerprint density at radius 1 is 0.633 bits per heavy atom. The molecule has 0 aliphatic rings. The first-order valence-electron chi connectivity index (χ1n) is 7.83. The molecule has 4 aromatic carbocycles. The fourth-order valence-corrected chi connectivity index (χ4v) is 7.32. The number of hydrogen-bond donors (Lipinski definition) is 5. The molecule has 0 aromatic heterocycles. The summed E-state index contributed by atoms with van der Waals surface area (Å²) in [4.78, 5) is -4.91. The van der Waals surface area contributed by atoms with E-state index < -0.39 is 61.6 Å². The van der Waals surface area contributed by atoms with E-state index in [0.29, 0.717) is 5.39 Å². The van der Waals surface area contributed by atoms with Crippen LogP contribution in [0.4, 0.5) is 5.69 Å². The highest BCUT2D eigenvalue weighted by molar-refractivity contribution is 7.90. The van der Waals surface area contributed by atoms with Crippen LogP contribution in [0.1, 0.15) is 0 Å². The molecule has 4 aromatic rings. The van der Waals surface area contributed by atoms with E-state index in [1.54, 1.807) is 12.1 Å². The lowest BCUT2D eigenvalue weighted by atomic mass is 9.92. The summed E-state index contributed by atoms with van der Waals surface area (Å²) in [6.07, 6.45) is 0. The number of hydrogen-bond acceptors (Lipinski definition) is 8. The Morgan fingerprint density at radius 3 is 1.73 bits per heavy atom. The molecular formula is C16H11NO10S3. The normalized spacial score (nSPS) is 13.6. The first-order valence-corrected chi connectivity index (χ1v) is 12.1. The van der Waals surface area contributed by atoms with Crippen LogP contribution in [0.3, 0.4) is 0 Å². The van der Waals surface area contributed by atoms with Gasteiger partial charge in [0, 0.05) is 21.5 Å². The standard InChI is InChI=1S/C16H11NO10S3/c17-12-7-3-1-2-6-4-5-8-10(9(6)7)11(13(12)18)15(29(22,23)24)16(30(25,26)27)14(8)28(19,20)21/h1-5,18H,17H2,(H,19,20,21)(H,22,23,24)(H,25,26,27). The summed E-state index contributed by atoms with van der Waals surface area (Å²) in [7, 11) is -16.7. The van der Waals surface area contributed by atoms with Crippen molar-refractivity contribution in [2.75, 3.05) is 5.73 Å². The van der Waals surface area contributed by atoms with Crippen LogP contribution in [-0.2, 0) is 30.4 Å². The number of rotatable bonds is 3. The van der Waals surface area contributed by atoms with E-state index in [-0.39, 0.29) is 21.8 Å². The molecule has 0 radical (unpaired) electrons. The molecule has 0 saturated heterocycles. The molecule has 0 saturated carbocycles. The maximum absolute atomic E-state index is 12.1. The van der Waals surface area contributed by atoms with Crippen LogP contribution in [0.2, 0.25) is 0 Å². The fourth-order valence-electron chi connectivity index (χ4n) is 3.73. The van der Waals surface area contributed by atoms with Crippen molar-refractivity contribution in [1.82, 2.24) is 0 Å². The Bertz CT molecular complexity index is 1720. The van der Waals surface area contributed by atoms with Gasteiger partial charge in [-0.25, -0.2) is 0 Å². The van der Waals surface area contributed by atoms with Crippen molar-refractivity contribution in [3.63, 3.8) is 0 Å². The zero-order valence-electron chi connectivity index (χ0n) is 14.4. The Kier molecular flexibility index (Phi) is 4.04. The summed E-state index contributed by atoms with van der Waals surface area (Å²) in [5.41, 5.74) is 5.51. The zero-order chi connectivity index (χ0) is 22.4. The molecule has 30 heavy (non-hydrogen) atoms. The van der Waals surface area contributed by atoms with Gasteiger partial charge in [0.15, 0.2) is 0 Å². The van der Waals surface area contributed by atoms with Gasteiger partial charge in [-0.15, -0.1) is 0 Å². The van der Waals surface area contributed by atoms with E-state index in [4.69, 9.17) is 5.73 Å². The average molecular weight is 473 g/mol. The van der Waals surface area contributed by atoms with Gasteiger partial charge in [0.05, 0.1) is 5.69 Å². The number of benzene rings is 4. The minimum absolute atomic E-state index is 0.136. The number of nitrogens with two attached hydrogens (primary N) is 1.